The molecule has 0 fully saturated rings. The Kier molecular flexibility index (Phi) is 2.52. The number of aryl methyl sites for hydroxylation is 1. The van der Waals surface area contributed by atoms with Gasteiger partial charge in [0.05, 0.1) is 5.52 Å². The second-order valence-corrected chi connectivity index (χ2v) is 4.54. The first kappa shape index (κ1) is 10.3. The molecule has 3 rings (SSSR count). The number of para-hydroxylation sites is 1. The van der Waals surface area contributed by atoms with Gasteiger partial charge >= 0.3 is 0 Å². The van der Waals surface area contributed by atoms with E-state index < -0.39 is 0 Å². The van der Waals surface area contributed by atoms with Crippen molar-refractivity contribution in [2.75, 3.05) is 0 Å². The Balaban J connectivity index is 2.12. The van der Waals surface area contributed by atoms with E-state index in [1.807, 2.05) is 0 Å². The molecule has 1 aromatic carbocycles. The molecule has 1 unspecified atom stereocenters. The lowest BCUT2D eigenvalue weighted by Gasteiger charge is -2.14. The second-order valence-electron chi connectivity index (χ2n) is 4.54. The van der Waals surface area contributed by atoms with Gasteiger partial charge in [0.25, 0.3) is 0 Å². The number of benzene rings is 1. The van der Waals surface area contributed by atoms with Crippen molar-refractivity contribution < 1.29 is 0 Å². The van der Waals surface area contributed by atoms with Gasteiger partial charge in [0.15, 0.2) is 0 Å². The van der Waals surface area contributed by atoms with Crippen molar-refractivity contribution in [2.24, 2.45) is 0 Å². The highest BCUT2D eigenvalue weighted by atomic mass is 14.7. The van der Waals surface area contributed by atoms with Crippen LogP contribution in [0.4, 0.5) is 0 Å². The monoisotopic (exact) mass is 221 g/mol. The van der Waals surface area contributed by atoms with Gasteiger partial charge in [-0.3, -0.25) is 4.98 Å². The number of hydrogen-bond acceptors (Lipinski definition) is 1. The second kappa shape index (κ2) is 4.17. The molecule has 2 aromatic rings. The largest absolute Gasteiger partial charge is 0.252 e. The molecule has 1 heterocycles. The van der Waals surface area contributed by atoms with Crippen LogP contribution in [0.1, 0.15) is 23.6 Å². The fraction of sp³-hybridized carbons (Fsp3) is 0.188. The Morgan fingerprint density at radius 1 is 1.18 bits per heavy atom. The molecule has 0 saturated carbocycles. The topological polar surface area (TPSA) is 12.9 Å². The first-order valence-corrected chi connectivity index (χ1v) is 6.04. The minimum absolute atomic E-state index is 0.434. The van der Waals surface area contributed by atoms with E-state index in [0.29, 0.717) is 5.92 Å². The average molecular weight is 221 g/mol. The number of nitrogens with zero attached hydrogens (tertiary/aromatic N) is 1. The van der Waals surface area contributed by atoms with Gasteiger partial charge in [-0.2, -0.15) is 0 Å². The van der Waals surface area contributed by atoms with E-state index in [2.05, 4.69) is 61.6 Å². The summed E-state index contributed by atoms with van der Waals surface area (Å²) in [6.07, 6.45) is 9.71. The van der Waals surface area contributed by atoms with Crippen LogP contribution in [0.3, 0.4) is 0 Å². The number of rotatable bonds is 1. The molecular weight excluding hydrogens is 206 g/mol. The zero-order valence-electron chi connectivity index (χ0n) is 9.93. The van der Waals surface area contributed by atoms with Crippen LogP contribution in [0.15, 0.2) is 54.6 Å². The van der Waals surface area contributed by atoms with Crippen LogP contribution >= 0.6 is 0 Å². The average Bonchev–Trinajstić information content (AvgIpc) is 2.40. The van der Waals surface area contributed by atoms with E-state index in [1.165, 1.54) is 16.6 Å². The highest BCUT2D eigenvalue weighted by molar-refractivity contribution is 5.82. The van der Waals surface area contributed by atoms with Crippen LogP contribution in [0.2, 0.25) is 0 Å². The summed E-state index contributed by atoms with van der Waals surface area (Å²) in [5, 5.41) is 1.26. The summed E-state index contributed by atoms with van der Waals surface area (Å²) in [6.45, 7) is 2.16. The molecule has 1 aliphatic carbocycles. The highest BCUT2D eigenvalue weighted by Crippen LogP contribution is 2.26. The summed E-state index contributed by atoms with van der Waals surface area (Å²) in [5.41, 5.74) is 3.60. The van der Waals surface area contributed by atoms with Crippen molar-refractivity contribution in [1.29, 1.82) is 0 Å². The van der Waals surface area contributed by atoms with E-state index in [-0.39, 0.29) is 0 Å². The van der Waals surface area contributed by atoms with Gasteiger partial charge in [-0.25, -0.2) is 0 Å². The van der Waals surface area contributed by atoms with Gasteiger partial charge in [0.2, 0.25) is 0 Å². The lowest BCUT2D eigenvalue weighted by molar-refractivity contribution is 0.820. The van der Waals surface area contributed by atoms with Crippen molar-refractivity contribution in [3.63, 3.8) is 0 Å². The maximum Gasteiger partial charge on any atom is 0.0708 e. The van der Waals surface area contributed by atoms with Crippen molar-refractivity contribution >= 4 is 10.9 Å². The summed E-state index contributed by atoms with van der Waals surface area (Å²) < 4.78 is 0. The molecule has 1 heteroatoms. The van der Waals surface area contributed by atoms with Crippen LogP contribution in [0.25, 0.3) is 10.9 Å². The molecule has 1 aromatic heterocycles. The van der Waals surface area contributed by atoms with Crippen molar-refractivity contribution in [1.82, 2.24) is 4.98 Å². The molecule has 1 nitrogen and oxygen atoms in total. The summed E-state index contributed by atoms with van der Waals surface area (Å²) >= 11 is 0. The third-order valence-electron chi connectivity index (χ3n) is 3.30. The van der Waals surface area contributed by atoms with Crippen LogP contribution in [0, 0.1) is 6.92 Å². The van der Waals surface area contributed by atoms with E-state index in [1.54, 1.807) is 0 Å². The van der Waals surface area contributed by atoms with Gasteiger partial charge in [-0.15, -0.1) is 0 Å². The zero-order chi connectivity index (χ0) is 11.7. The Morgan fingerprint density at radius 2 is 2.06 bits per heavy atom. The maximum atomic E-state index is 4.77. The highest BCUT2D eigenvalue weighted by Gasteiger charge is 2.11. The molecule has 0 N–H and O–H groups in total. The Bertz CT molecular complexity index is 608. The number of allylic oxidation sites excluding steroid dienone is 4. The number of pyridine rings is 1. The molecular formula is C16H15N. The summed E-state index contributed by atoms with van der Waals surface area (Å²) in [4.78, 5) is 4.77. The minimum atomic E-state index is 0.434. The first-order valence-electron chi connectivity index (χ1n) is 6.04. The fourth-order valence-electron chi connectivity index (χ4n) is 2.37. The Morgan fingerprint density at radius 3 is 2.88 bits per heavy atom. The van der Waals surface area contributed by atoms with Crippen LogP contribution in [0.5, 0.6) is 0 Å². The molecule has 0 aliphatic heterocycles. The molecule has 17 heavy (non-hydrogen) atoms. The lowest BCUT2D eigenvalue weighted by Crippen LogP contribution is -2.00. The Labute approximate surface area is 102 Å². The standard InChI is InChI=1S/C16H15N/c1-12-11-16(13-7-3-2-4-8-13)17-15-10-6-5-9-14(12)15/h2-7,9-11,13H,8H2,1H3. The zero-order valence-corrected chi connectivity index (χ0v) is 9.93. The van der Waals surface area contributed by atoms with Gasteiger partial charge in [0.1, 0.15) is 0 Å². The molecule has 0 spiro atoms. The first-order chi connectivity index (χ1) is 8.34. The van der Waals surface area contributed by atoms with E-state index in [9.17, 15) is 0 Å². The van der Waals surface area contributed by atoms with Crippen molar-refractivity contribution in [2.45, 2.75) is 19.3 Å². The molecule has 1 atom stereocenters. The number of aromatic nitrogens is 1. The molecule has 1 aliphatic rings. The van der Waals surface area contributed by atoms with Gasteiger partial charge in [-0.05, 0) is 31.0 Å². The Hall–Kier alpha value is -1.89. The van der Waals surface area contributed by atoms with Crippen molar-refractivity contribution in [3.05, 3.63) is 65.9 Å². The molecule has 84 valence electrons. The fourth-order valence-corrected chi connectivity index (χ4v) is 2.37. The third-order valence-corrected chi connectivity index (χ3v) is 3.30. The van der Waals surface area contributed by atoms with Crippen molar-refractivity contribution in [3.8, 4) is 0 Å². The summed E-state index contributed by atoms with van der Waals surface area (Å²) in [5.74, 6) is 0.434. The van der Waals surface area contributed by atoms with E-state index >= 15 is 0 Å². The van der Waals surface area contributed by atoms with Crippen LogP contribution in [-0.4, -0.2) is 4.98 Å². The number of hydrogen-bond donors (Lipinski definition) is 0. The third kappa shape index (κ3) is 1.89. The van der Waals surface area contributed by atoms with Crippen LogP contribution < -0.4 is 0 Å². The molecule has 0 amide bonds. The van der Waals surface area contributed by atoms with E-state index in [4.69, 9.17) is 4.98 Å². The SMILES string of the molecule is Cc1cc(C2C=CC=CC2)nc2ccccc12. The molecule has 0 bridgehead atoms. The summed E-state index contributed by atoms with van der Waals surface area (Å²) in [7, 11) is 0. The van der Waals surface area contributed by atoms with Gasteiger partial charge in [-0.1, -0.05) is 42.5 Å². The molecule has 0 saturated heterocycles. The molecule has 0 radical (unpaired) electrons. The van der Waals surface area contributed by atoms with Gasteiger partial charge in [0, 0.05) is 17.0 Å². The van der Waals surface area contributed by atoms with Crippen LogP contribution in [-0.2, 0) is 0 Å². The maximum absolute atomic E-state index is 4.77. The quantitative estimate of drug-likeness (QED) is 0.705. The minimum Gasteiger partial charge on any atom is -0.252 e. The lowest BCUT2D eigenvalue weighted by atomic mass is 9.95. The predicted octanol–water partition coefficient (Wildman–Crippen LogP) is 4.14. The normalized spacial score (nSPS) is 18.8. The smallest absolute Gasteiger partial charge is 0.0708 e. The predicted molar refractivity (Wildman–Crippen MR) is 72.1 cm³/mol. The number of fused-ring (bicyclic) bond motifs is 1. The van der Waals surface area contributed by atoms with E-state index in [0.717, 1.165) is 11.9 Å². The summed E-state index contributed by atoms with van der Waals surface area (Å²) in [6, 6.07) is 10.6. The van der Waals surface area contributed by atoms with Gasteiger partial charge < -0.3 is 0 Å².